The van der Waals surface area contributed by atoms with Crippen LogP contribution in [0, 0.1) is 5.92 Å². The van der Waals surface area contributed by atoms with Crippen LogP contribution in [0.15, 0.2) is 18.2 Å². The Morgan fingerprint density at radius 3 is 2.35 bits per heavy atom. The highest BCUT2D eigenvalue weighted by Gasteiger charge is 2.18. The molecule has 0 radical (unpaired) electrons. The molecule has 1 amide bonds. The van der Waals surface area contributed by atoms with Gasteiger partial charge in [-0.15, -0.1) is 0 Å². The van der Waals surface area contributed by atoms with Crippen LogP contribution in [-0.2, 0) is 17.6 Å². The van der Waals surface area contributed by atoms with E-state index in [4.69, 9.17) is 0 Å². The molecule has 20 heavy (non-hydrogen) atoms. The van der Waals surface area contributed by atoms with Gasteiger partial charge in [-0.25, -0.2) is 0 Å². The van der Waals surface area contributed by atoms with Gasteiger partial charge >= 0.3 is 0 Å². The number of piperidine rings is 1. The molecular weight excluding hydrogens is 248 g/mol. The van der Waals surface area contributed by atoms with Gasteiger partial charge in [-0.05, 0) is 55.8 Å². The number of carbonyl (C=O) groups is 1. The van der Waals surface area contributed by atoms with E-state index in [1.54, 1.807) is 0 Å². The lowest BCUT2D eigenvalue weighted by molar-refractivity contribution is -0.117. The molecule has 1 aromatic rings. The standard InChI is InChI=1S/C17H26N2O/c1-3-14-6-5-7-15(4-2)17(14)19-16(20)12-13-8-10-18-11-9-13/h5-7,13,18H,3-4,8-12H2,1-2H3,(H,19,20). The zero-order valence-electron chi connectivity index (χ0n) is 12.7. The smallest absolute Gasteiger partial charge is 0.224 e. The molecule has 1 aliphatic heterocycles. The summed E-state index contributed by atoms with van der Waals surface area (Å²) in [6, 6.07) is 6.30. The number of benzene rings is 1. The minimum atomic E-state index is 0.174. The highest BCUT2D eigenvalue weighted by molar-refractivity contribution is 5.92. The summed E-state index contributed by atoms with van der Waals surface area (Å²) in [7, 11) is 0. The molecule has 0 spiro atoms. The fourth-order valence-electron chi connectivity index (χ4n) is 2.94. The molecule has 0 saturated carbocycles. The average Bonchev–Trinajstić information content (AvgIpc) is 2.48. The summed E-state index contributed by atoms with van der Waals surface area (Å²) >= 11 is 0. The number of para-hydroxylation sites is 1. The third-order valence-corrected chi connectivity index (χ3v) is 4.20. The van der Waals surface area contributed by atoms with E-state index in [-0.39, 0.29) is 5.91 Å². The summed E-state index contributed by atoms with van der Waals surface area (Å²) in [5, 5.41) is 6.51. The van der Waals surface area contributed by atoms with Crippen molar-refractivity contribution in [2.75, 3.05) is 18.4 Å². The zero-order valence-corrected chi connectivity index (χ0v) is 12.7. The van der Waals surface area contributed by atoms with Crippen molar-refractivity contribution in [3.05, 3.63) is 29.3 Å². The summed E-state index contributed by atoms with van der Waals surface area (Å²) in [5.41, 5.74) is 3.53. The van der Waals surface area contributed by atoms with Gasteiger partial charge in [-0.1, -0.05) is 32.0 Å². The summed E-state index contributed by atoms with van der Waals surface area (Å²) in [6.45, 7) is 6.36. The average molecular weight is 274 g/mol. The van der Waals surface area contributed by atoms with Crippen molar-refractivity contribution >= 4 is 11.6 Å². The minimum Gasteiger partial charge on any atom is -0.326 e. The molecule has 0 aliphatic carbocycles. The van der Waals surface area contributed by atoms with Gasteiger partial charge in [-0.3, -0.25) is 4.79 Å². The van der Waals surface area contributed by atoms with Crippen molar-refractivity contribution < 1.29 is 4.79 Å². The van der Waals surface area contributed by atoms with E-state index in [1.807, 2.05) is 0 Å². The molecule has 0 atom stereocenters. The molecule has 2 N–H and O–H groups in total. The molecule has 1 fully saturated rings. The van der Waals surface area contributed by atoms with Gasteiger partial charge in [0.1, 0.15) is 0 Å². The van der Waals surface area contributed by atoms with Crippen molar-refractivity contribution in [1.82, 2.24) is 5.32 Å². The van der Waals surface area contributed by atoms with E-state index >= 15 is 0 Å². The van der Waals surface area contributed by atoms with E-state index < -0.39 is 0 Å². The lowest BCUT2D eigenvalue weighted by Crippen LogP contribution is -2.30. The van der Waals surface area contributed by atoms with Gasteiger partial charge in [0, 0.05) is 12.1 Å². The predicted molar refractivity (Wildman–Crippen MR) is 84.0 cm³/mol. The zero-order chi connectivity index (χ0) is 14.4. The number of rotatable bonds is 5. The molecule has 2 rings (SSSR count). The number of hydrogen-bond acceptors (Lipinski definition) is 2. The molecule has 1 aliphatic rings. The molecule has 110 valence electrons. The van der Waals surface area contributed by atoms with Gasteiger partial charge in [-0.2, -0.15) is 0 Å². The Morgan fingerprint density at radius 2 is 1.80 bits per heavy atom. The maximum Gasteiger partial charge on any atom is 0.224 e. The maximum atomic E-state index is 12.3. The molecule has 3 heteroatoms. The molecule has 1 heterocycles. The first kappa shape index (κ1) is 15.0. The van der Waals surface area contributed by atoms with Gasteiger partial charge in [0.05, 0.1) is 0 Å². The molecule has 0 bridgehead atoms. The third kappa shape index (κ3) is 3.83. The predicted octanol–water partition coefficient (Wildman–Crippen LogP) is 3.14. The Hall–Kier alpha value is -1.35. The Bertz CT molecular complexity index is 428. The number of amides is 1. The van der Waals surface area contributed by atoms with E-state index in [2.05, 4.69) is 42.7 Å². The second-order valence-electron chi connectivity index (χ2n) is 5.60. The SMILES string of the molecule is CCc1cccc(CC)c1NC(=O)CC1CCNCC1. The summed E-state index contributed by atoms with van der Waals surface area (Å²) < 4.78 is 0. The quantitative estimate of drug-likeness (QED) is 0.866. The first-order chi connectivity index (χ1) is 9.74. The van der Waals surface area contributed by atoms with Crippen molar-refractivity contribution in [2.45, 2.75) is 46.0 Å². The van der Waals surface area contributed by atoms with Crippen LogP contribution >= 0.6 is 0 Å². The van der Waals surface area contributed by atoms with Crippen LogP contribution in [0.2, 0.25) is 0 Å². The minimum absolute atomic E-state index is 0.174. The first-order valence-corrected chi connectivity index (χ1v) is 7.85. The summed E-state index contributed by atoms with van der Waals surface area (Å²) in [5.74, 6) is 0.711. The van der Waals surface area contributed by atoms with E-state index in [1.165, 1.54) is 11.1 Å². The fourth-order valence-corrected chi connectivity index (χ4v) is 2.94. The van der Waals surface area contributed by atoms with E-state index in [9.17, 15) is 4.79 Å². The Kier molecular flexibility index (Phi) is 5.60. The van der Waals surface area contributed by atoms with Crippen LogP contribution in [0.5, 0.6) is 0 Å². The van der Waals surface area contributed by atoms with Crippen molar-refractivity contribution in [1.29, 1.82) is 0 Å². The van der Waals surface area contributed by atoms with Crippen LogP contribution in [-0.4, -0.2) is 19.0 Å². The lowest BCUT2D eigenvalue weighted by atomic mass is 9.94. The van der Waals surface area contributed by atoms with Crippen LogP contribution in [0.1, 0.15) is 44.2 Å². The largest absolute Gasteiger partial charge is 0.326 e. The lowest BCUT2D eigenvalue weighted by Gasteiger charge is -2.22. The third-order valence-electron chi connectivity index (χ3n) is 4.20. The summed E-state index contributed by atoms with van der Waals surface area (Å²) in [6.07, 6.45) is 4.80. The van der Waals surface area contributed by atoms with E-state index in [0.29, 0.717) is 12.3 Å². The molecule has 1 saturated heterocycles. The van der Waals surface area contributed by atoms with Gasteiger partial charge in [0.2, 0.25) is 5.91 Å². The van der Waals surface area contributed by atoms with Crippen LogP contribution < -0.4 is 10.6 Å². The number of aryl methyl sites for hydroxylation is 2. The second kappa shape index (κ2) is 7.44. The maximum absolute atomic E-state index is 12.3. The molecular formula is C17H26N2O. The first-order valence-electron chi connectivity index (χ1n) is 7.85. The fraction of sp³-hybridized carbons (Fsp3) is 0.588. The Morgan fingerprint density at radius 1 is 1.20 bits per heavy atom. The number of hydrogen-bond donors (Lipinski definition) is 2. The number of anilines is 1. The number of nitrogens with one attached hydrogen (secondary N) is 2. The van der Waals surface area contributed by atoms with E-state index in [0.717, 1.165) is 44.5 Å². The van der Waals surface area contributed by atoms with Crippen molar-refractivity contribution in [3.63, 3.8) is 0 Å². The van der Waals surface area contributed by atoms with Crippen LogP contribution in [0.4, 0.5) is 5.69 Å². The summed E-state index contributed by atoms with van der Waals surface area (Å²) in [4.78, 5) is 12.3. The molecule has 0 aromatic heterocycles. The monoisotopic (exact) mass is 274 g/mol. The Labute approximate surface area is 122 Å². The topological polar surface area (TPSA) is 41.1 Å². The van der Waals surface area contributed by atoms with Crippen molar-refractivity contribution in [2.24, 2.45) is 5.92 Å². The normalized spacial score (nSPS) is 16.1. The molecule has 1 aromatic carbocycles. The molecule has 0 unspecified atom stereocenters. The highest BCUT2D eigenvalue weighted by Crippen LogP contribution is 2.24. The van der Waals surface area contributed by atoms with Crippen LogP contribution in [0.25, 0.3) is 0 Å². The number of carbonyl (C=O) groups excluding carboxylic acids is 1. The highest BCUT2D eigenvalue weighted by atomic mass is 16.1. The van der Waals surface area contributed by atoms with Crippen molar-refractivity contribution in [3.8, 4) is 0 Å². The van der Waals surface area contributed by atoms with Crippen LogP contribution in [0.3, 0.4) is 0 Å². The molecule has 3 nitrogen and oxygen atoms in total. The van der Waals surface area contributed by atoms with Gasteiger partial charge in [0.25, 0.3) is 0 Å². The second-order valence-corrected chi connectivity index (χ2v) is 5.60. The van der Waals surface area contributed by atoms with Gasteiger partial charge in [0.15, 0.2) is 0 Å². The van der Waals surface area contributed by atoms with Gasteiger partial charge < -0.3 is 10.6 Å². The Balaban J connectivity index is 2.02.